The number of aromatic nitrogens is 3. The Bertz CT molecular complexity index is 1040. The summed E-state index contributed by atoms with van der Waals surface area (Å²) in [5.74, 6) is 1.09. The number of hydrogen-bond acceptors (Lipinski definition) is 5. The Morgan fingerprint density at radius 1 is 0.778 bits per heavy atom. The Kier molecular flexibility index (Phi) is 5.94. The van der Waals surface area contributed by atoms with Crippen molar-refractivity contribution >= 4 is 0 Å². The number of para-hydroxylation sites is 1. The van der Waals surface area contributed by atoms with Crippen LogP contribution in [0.5, 0.6) is 17.5 Å². The normalized spacial score (nSPS) is 10.1. The molecule has 3 aromatic heterocycles. The molecule has 0 bridgehead atoms. The van der Waals surface area contributed by atoms with Crippen molar-refractivity contribution in [3.05, 3.63) is 85.2 Å². The van der Waals surface area contributed by atoms with E-state index in [-0.39, 0.29) is 26.8 Å². The molecule has 0 radical (unpaired) electrons. The summed E-state index contributed by atoms with van der Waals surface area (Å²) >= 11 is 0. The van der Waals surface area contributed by atoms with Gasteiger partial charge in [0.1, 0.15) is 0 Å². The van der Waals surface area contributed by atoms with Crippen molar-refractivity contribution in [3.8, 4) is 40.0 Å². The van der Waals surface area contributed by atoms with Crippen LogP contribution >= 0.6 is 0 Å². The number of hydrogen-bond donors (Lipinski definition) is 1. The van der Waals surface area contributed by atoms with Crippen LogP contribution in [0, 0.1) is 6.07 Å². The van der Waals surface area contributed by atoms with Gasteiger partial charge in [-0.25, -0.2) is 4.98 Å². The van der Waals surface area contributed by atoms with Crippen LogP contribution in [-0.2, 0) is 21.1 Å². The van der Waals surface area contributed by atoms with Gasteiger partial charge in [0, 0.05) is 44.7 Å². The molecule has 0 aliphatic carbocycles. The first-order chi connectivity index (χ1) is 12.8. The zero-order valence-electron chi connectivity index (χ0n) is 14.0. The number of pyridine rings is 3. The molecule has 0 aliphatic rings. The predicted molar refractivity (Wildman–Crippen MR) is 97.7 cm³/mol. The summed E-state index contributed by atoms with van der Waals surface area (Å²) in [6.45, 7) is 0. The molecule has 6 heteroatoms. The molecule has 5 nitrogen and oxygen atoms in total. The van der Waals surface area contributed by atoms with Gasteiger partial charge in [0.15, 0.2) is 0 Å². The third-order valence-electron chi connectivity index (χ3n) is 3.71. The number of ether oxygens (including phenoxy) is 1. The van der Waals surface area contributed by atoms with Crippen molar-refractivity contribution in [2.45, 2.75) is 0 Å². The Labute approximate surface area is 171 Å². The van der Waals surface area contributed by atoms with Crippen LogP contribution in [0.2, 0.25) is 0 Å². The molecule has 4 rings (SSSR count). The molecule has 0 fully saturated rings. The number of benzene rings is 1. The van der Waals surface area contributed by atoms with Crippen LogP contribution in [-0.4, -0.2) is 20.1 Å². The first-order valence-corrected chi connectivity index (χ1v) is 8.02. The van der Waals surface area contributed by atoms with Gasteiger partial charge in [-0.05, 0) is 24.4 Å². The van der Waals surface area contributed by atoms with Gasteiger partial charge in [0.2, 0.25) is 11.8 Å². The molecule has 0 aliphatic heterocycles. The van der Waals surface area contributed by atoms with E-state index < -0.39 is 0 Å². The maximum Gasteiger partial charge on any atom is 0.221 e. The van der Waals surface area contributed by atoms with E-state index in [0.717, 1.165) is 5.56 Å². The summed E-state index contributed by atoms with van der Waals surface area (Å²) in [6, 6.07) is 23.0. The van der Waals surface area contributed by atoms with Crippen LogP contribution in [0.1, 0.15) is 0 Å². The molecule has 3 heterocycles. The molecule has 136 valence electrons. The third-order valence-corrected chi connectivity index (χ3v) is 3.71. The minimum Gasteiger partial charge on any atom is -0.517 e. The Morgan fingerprint density at radius 3 is 2.41 bits per heavy atom. The van der Waals surface area contributed by atoms with E-state index in [1.165, 1.54) is 0 Å². The summed E-state index contributed by atoms with van der Waals surface area (Å²) < 4.78 is 5.67. The predicted octanol–water partition coefficient (Wildman–Crippen LogP) is 4.50. The maximum atomic E-state index is 10.1. The van der Waals surface area contributed by atoms with Gasteiger partial charge in [-0.1, -0.05) is 42.0 Å². The average Bonchev–Trinajstić information content (AvgIpc) is 2.69. The van der Waals surface area contributed by atoms with E-state index in [9.17, 15) is 5.11 Å². The van der Waals surface area contributed by atoms with E-state index in [0.29, 0.717) is 28.7 Å². The summed E-state index contributed by atoms with van der Waals surface area (Å²) in [6.07, 6.45) is 3.33. The Balaban J connectivity index is 0.00000210. The summed E-state index contributed by atoms with van der Waals surface area (Å²) in [5.41, 5.74) is 2.62. The second kappa shape index (κ2) is 8.56. The Morgan fingerprint density at radius 2 is 1.59 bits per heavy atom. The fourth-order valence-electron chi connectivity index (χ4n) is 2.49. The number of phenolic OH excluding ortho intramolecular Hbond substituents is 1. The number of phenols is 1. The molecule has 0 unspecified atom stereocenters. The number of aromatic hydroxyl groups is 1. The van der Waals surface area contributed by atoms with Crippen LogP contribution < -0.4 is 4.74 Å². The monoisotopic (exact) mass is 535 g/mol. The van der Waals surface area contributed by atoms with Gasteiger partial charge in [0.25, 0.3) is 0 Å². The van der Waals surface area contributed by atoms with E-state index in [1.54, 1.807) is 42.7 Å². The first kappa shape index (κ1) is 18.7. The molecular weight excluding hydrogens is 521 g/mol. The van der Waals surface area contributed by atoms with Crippen LogP contribution in [0.25, 0.3) is 22.5 Å². The zero-order chi connectivity index (χ0) is 17.8. The fourth-order valence-corrected chi connectivity index (χ4v) is 2.49. The van der Waals surface area contributed by atoms with E-state index in [1.807, 2.05) is 36.4 Å². The topological polar surface area (TPSA) is 68.1 Å². The smallest absolute Gasteiger partial charge is 0.221 e. The largest absolute Gasteiger partial charge is 0.517 e. The van der Waals surface area contributed by atoms with Crippen molar-refractivity contribution < 1.29 is 30.9 Å². The summed E-state index contributed by atoms with van der Waals surface area (Å²) in [4.78, 5) is 12.9. The van der Waals surface area contributed by atoms with E-state index in [2.05, 4.69) is 21.0 Å². The van der Waals surface area contributed by atoms with Crippen LogP contribution in [0.15, 0.2) is 79.1 Å². The standard InChI is InChI=1S/C21H14N3O2.Pt/c25-19-8-2-1-6-16(19)15-11-13-22-18(14-15)17-7-5-10-21(24-17)26-20-9-3-4-12-23-20;/h1-13,25H;/q-1;. The number of rotatable bonds is 4. The second-order valence-electron chi connectivity index (χ2n) is 5.48. The number of nitrogens with zero attached hydrogens (tertiary/aromatic N) is 3. The maximum absolute atomic E-state index is 10.1. The van der Waals surface area contributed by atoms with Crippen LogP contribution in [0.4, 0.5) is 0 Å². The van der Waals surface area contributed by atoms with Crippen molar-refractivity contribution in [1.82, 2.24) is 15.0 Å². The van der Waals surface area contributed by atoms with Gasteiger partial charge < -0.3 is 9.84 Å². The molecule has 4 aromatic rings. The SMILES string of the molecule is Oc1ccccc1-c1[c-]c(-c2cccc(Oc3ccccn3)n2)ncc1.[Pt]. The van der Waals surface area contributed by atoms with Crippen molar-refractivity contribution in [2.75, 3.05) is 0 Å². The third kappa shape index (κ3) is 4.38. The molecular formula is C21H14N3O2Pt-. The summed E-state index contributed by atoms with van der Waals surface area (Å²) in [5, 5.41) is 10.1. The van der Waals surface area contributed by atoms with Gasteiger partial charge >= 0.3 is 0 Å². The van der Waals surface area contributed by atoms with Crippen molar-refractivity contribution in [3.63, 3.8) is 0 Å². The van der Waals surface area contributed by atoms with Gasteiger partial charge in [-0.15, -0.1) is 17.7 Å². The van der Waals surface area contributed by atoms with Gasteiger partial charge in [-0.2, -0.15) is 0 Å². The fraction of sp³-hybridized carbons (Fsp3) is 0. The van der Waals surface area contributed by atoms with Crippen LogP contribution in [0.3, 0.4) is 0 Å². The molecule has 0 spiro atoms. The summed E-state index contributed by atoms with van der Waals surface area (Å²) in [7, 11) is 0. The average molecular weight is 535 g/mol. The molecule has 1 aromatic carbocycles. The zero-order valence-corrected chi connectivity index (χ0v) is 16.3. The molecule has 0 atom stereocenters. The van der Waals surface area contributed by atoms with E-state index >= 15 is 0 Å². The molecule has 0 saturated heterocycles. The second-order valence-corrected chi connectivity index (χ2v) is 5.48. The van der Waals surface area contributed by atoms with Gasteiger partial charge in [0.05, 0.1) is 5.75 Å². The van der Waals surface area contributed by atoms with Crippen molar-refractivity contribution in [2.24, 2.45) is 0 Å². The van der Waals surface area contributed by atoms with E-state index in [4.69, 9.17) is 4.74 Å². The van der Waals surface area contributed by atoms with Gasteiger partial charge in [-0.3, -0.25) is 9.97 Å². The Hall–Kier alpha value is -3.04. The molecule has 1 N–H and O–H groups in total. The van der Waals surface area contributed by atoms with Crippen molar-refractivity contribution in [1.29, 1.82) is 0 Å². The molecule has 27 heavy (non-hydrogen) atoms. The minimum absolute atomic E-state index is 0. The first-order valence-electron chi connectivity index (χ1n) is 8.02. The quantitative estimate of drug-likeness (QED) is 0.390. The molecule has 0 saturated carbocycles. The minimum atomic E-state index is 0. The molecule has 0 amide bonds.